The number of aromatic nitrogens is 3. The molecule has 0 bridgehead atoms. The zero-order valence-corrected chi connectivity index (χ0v) is 19.2. The van der Waals surface area contributed by atoms with Gasteiger partial charge in [-0.1, -0.05) is 12.1 Å². The van der Waals surface area contributed by atoms with Crippen LogP contribution in [0.25, 0.3) is 16.7 Å². The maximum Gasteiger partial charge on any atom is 0.333 e. The number of benzene rings is 2. The lowest BCUT2D eigenvalue weighted by Gasteiger charge is -2.23. The van der Waals surface area contributed by atoms with E-state index in [1.807, 2.05) is 13.0 Å². The maximum absolute atomic E-state index is 14.0. The monoisotopic (exact) mass is 477 g/mol. The second-order valence-corrected chi connectivity index (χ2v) is 8.46. The first kappa shape index (κ1) is 22.6. The van der Waals surface area contributed by atoms with Crippen molar-refractivity contribution in [3.63, 3.8) is 0 Å². The van der Waals surface area contributed by atoms with E-state index in [4.69, 9.17) is 10.5 Å². The highest BCUT2D eigenvalue weighted by Crippen LogP contribution is 2.28. The molecule has 0 aliphatic carbocycles. The Hall–Kier alpha value is -4.14. The van der Waals surface area contributed by atoms with E-state index in [-0.39, 0.29) is 23.3 Å². The summed E-state index contributed by atoms with van der Waals surface area (Å²) in [4.78, 5) is 20.1. The second kappa shape index (κ2) is 9.25. The zero-order valence-electron chi connectivity index (χ0n) is 19.2. The quantitative estimate of drug-likeness (QED) is 0.430. The van der Waals surface area contributed by atoms with Gasteiger partial charge in [-0.3, -0.25) is 9.13 Å². The molecule has 3 heterocycles. The van der Waals surface area contributed by atoms with Gasteiger partial charge in [0, 0.05) is 25.3 Å². The van der Waals surface area contributed by atoms with Gasteiger partial charge in [-0.25, -0.2) is 14.2 Å². The number of likely N-dealkylation sites (tertiary alicyclic amines) is 1. The molecular formula is C26H25F2N5O2. The number of nitrogens with zero attached hydrogens (tertiary/aromatic N) is 4. The van der Waals surface area contributed by atoms with Crippen molar-refractivity contribution in [2.24, 2.45) is 0 Å². The summed E-state index contributed by atoms with van der Waals surface area (Å²) in [6.07, 6.45) is 7.73. The van der Waals surface area contributed by atoms with E-state index in [2.05, 4.69) is 16.1 Å². The third-order valence-corrected chi connectivity index (χ3v) is 6.26. The molecule has 0 saturated carbocycles. The van der Waals surface area contributed by atoms with E-state index in [0.29, 0.717) is 29.0 Å². The van der Waals surface area contributed by atoms with Crippen LogP contribution in [0.5, 0.6) is 11.5 Å². The van der Waals surface area contributed by atoms with Gasteiger partial charge in [0.15, 0.2) is 11.6 Å². The number of hydrogen-bond acceptors (Lipinski definition) is 5. The van der Waals surface area contributed by atoms with Gasteiger partial charge in [-0.15, -0.1) is 0 Å². The third-order valence-electron chi connectivity index (χ3n) is 6.26. The van der Waals surface area contributed by atoms with Crippen LogP contribution < -0.4 is 16.2 Å². The molecule has 0 spiro atoms. The minimum absolute atomic E-state index is 0.203. The van der Waals surface area contributed by atoms with Crippen molar-refractivity contribution in [2.75, 3.05) is 12.3 Å². The lowest BCUT2D eigenvalue weighted by molar-refractivity contribution is 0.314. The summed E-state index contributed by atoms with van der Waals surface area (Å²) in [6, 6.07) is 12.3. The number of imidazole rings is 1. The van der Waals surface area contributed by atoms with Gasteiger partial charge in [0.25, 0.3) is 0 Å². The predicted molar refractivity (Wildman–Crippen MR) is 131 cm³/mol. The topological polar surface area (TPSA) is 78.3 Å². The van der Waals surface area contributed by atoms with Crippen LogP contribution in [-0.4, -0.2) is 31.6 Å². The highest BCUT2D eigenvalue weighted by atomic mass is 19.2. The second-order valence-electron chi connectivity index (χ2n) is 8.46. The molecule has 1 atom stereocenters. The Balaban J connectivity index is 1.52. The number of pyridine rings is 1. The van der Waals surface area contributed by atoms with Crippen LogP contribution in [0.4, 0.5) is 14.6 Å². The molecule has 5 rings (SSSR count). The highest BCUT2D eigenvalue weighted by Gasteiger charge is 2.25. The van der Waals surface area contributed by atoms with Crippen molar-refractivity contribution in [1.29, 1.82) is 0 Å². The van der Waals surface area contributed by atoms with Crippen molar-refractivity contribution >= 4 is 16.9 Å². The number of allylic oxidation sites excluding steroid dienone is 1. The number of anilines is 1. The molecule has 1 aliphatic heterocycles. The molecule has 1 fully saturated rings. The molecule has 2 N–H and O–H groups in total. The van der Waals surface area contributed by atoms with E-state index in [1.54, 1.807) is 41.1 Å². The highest BCUT2D eigenvalue weighted by molar-refractivity contribution is 5.87. The van der Waals surface area contributed by atoms with Gasteiger partial charge >= 0.3 is 5.69 Å². The molecule has 1 saturated heterocycles. The van der Waals surface area contributed by atoms with Crippen LogP contribution in [-0.2, 0) is 6.54 Å². The standard InChI is InChI=1S/C26H25F2N5O2/c1-2-14-31-15-4-5-18(31)16-32-21-12-13-30-25(29)24(21)33(26(32)34)17-8-10-19(11-9-17)35-22-7-3-6-20(27)23(22)28/h2-3,6-14,18H,4-5,15-16H2,1H3,(H2,29,30)/b14-2-. The van der Waals surface area contributed by atoms with Crippen molar-refractivity contribution in [1.82, 2.24) is 19.0 Å². The molecule has 1 aliphatic rings. The largest absolute Gasteiger partial charge is 0.454 e. The number of nitrogen functional groups attached to an aromatic ring is 1. The molecule has 1 unspecified atom stereocenters. The van der Waals surface area contributed by atoms with Crippen LogP contribution in [0.1, 0.15) is 19.8 Å². The third kappa shape index (κ3) is 4.14. The van der Waals surface area contributed by atoms with Crippen LogP contribution in [0.3, 0.4) is 0 Å². The normalized spacial score (nSPS) is 16.0. The first-order chi connectivity index (χ1) is 17.0. The smallest absolute Gasteiger partial charge is 0.333 e. The summed E-state index contributed by atoms with van der Waals surface area (Å²) in [5.41, 5.74) is 7.78. The van der Waals surface area contributed by atoms with Gasteiger partial charge in [0.05, 0.1) is 11.2 Å². The number of ether oxygens (including phenoxy) is 1. The Morgan fingerprint density at radius 1 is 1.17 bits per heavy atom. The van der Waals surface area contributed by atoms with Crippen molar-refractivity contribution < 1.29 is 13.5 Å². The molecule has 180 valence electrons. The fourth-order valence-corrected chi connectivity index (χ4v) is 4.65. The first-order valence-corrected chi connectivity index (χ1v) is 11.4. The summed E-state index contributed by atoms with van der Waals surface area (Å²) in [5.74, 6) is -1.72. The van der Waals surface area contributed by atoms with Crippen LogP contribution in [0.2, 0.25) is 0 Å². The Morgan fingerprint density at radius 2 is 1.97 bits per heavy atom. The summed E-state index contributed by atoms with van der Waals surface area (Å²) in [5, 5.41) is 0. The zero-order chi connectivity index (χ0) is 24.5. The van der Waals surface area contributed by atoms with Crippen molar-refractivity contribution in [2.45, 2.75) is 32.4 Å². The average molecular weight is 478 g/mol. The molecule has 4 aromatic rings. The van der Waals surface area contributed by atoms with Crippen molar-refractivity contribution in [3.05, 3.63) is 89.1 Å². The number of rotatable bonds is 6. The minimum Gasteiger partial charge on any atom is -0.454 e. The summed E-state index contributed by atoms with van der Waals surface area (Å²) >= 11 is 0. The SMILES string of the molecule is C/C=C\N1CCCC1Cn1c(=O)n(-c2ccc(Oc3cccc(F)c3F)cc2)c2c(N)nccc21. The molecule has 2 aromatic heterocycles. The first-order valence-electron chi connectivity index (χ1n) is 11.4. The molecule has 0 amide bonds. The van der Waals surface area contributed by atoms with E-state index >= 15 is 0 Å². The van der Waals surface area contributed by atoms with Gasteiger partial charge in [0.2, 0.25) is 5.82 Å². The van der Waals surface area contributed by atoms with E-state index in [9.17, 15) is 13.6 Å². The van der Waals surface area contributed by atoms with E-state index in [0.717, 1.165) is 25.5 Å². The molecule has 7 nitrogen and oxygen atoms in total. The molecule has 0 radical (unpaired) electrons. The molecular weight excluding hydrogens is 452 g/mol. The van der Waals surface area contributed by atoms with Crippen LogP contribution in [0, 0.1) is 11.6 Å². The van der Waals surface area contributed by atoms with Crippen molar-refractivity contribution in [3.8, 4) is 17.2 Å². The molecule has 9 heteroatoms. The average Bonchev–Trinajstić information content (AvgIpc) is 3.41. The van der Waals surface area contributed by atoms with Crippen LogP contribution in [0.15, 0.2) is 71.8 Å². The predicted octanol–water partition coefficient (Wildman–Crippen LogP) is 4.84. The van der Waals surface area contributed by atoms with Gasteiger partial charge in [-0.2, -0.15) is 4.39 Å². The number of halogens is 2. The summed E-state index contributed by atoms with van der Waals surface area (Å²) in [6.45, 7) is 3.46. The summed E-state index contributed by atoms with van der Waals surface area (Å²) in [7, 11) is 0. The molecule has 35 heavy (non-hydrogen) atoms. The Bertz CT molecular complexity index is 1460. The fraction of sp³-hybridized carbons (Fsp3) is 0.231. The van der Waals surface area contributed by atoms with Gasteiger partial charge in [0.1, 0.15) is 17.1 Å². The number of hydrogen-bond donors (Lipinski definition) is 1. The minimum atomic E-state index is -1.06. The van der Waals surface area contributed by atoms with E-state index in [1.165, 1.54) is 16.7 Å². The van der Waals surface area contributed by atoms with Gasteiger partial charge in [-0.05, 0) is 68.4 Å². The number of fused-ring (bicyclic) bond motifs is 1. The Kier molecular flexibility index (Phi) is 5.98. The molecule has 2 aromatic carbocycles. The Labute approximate surface area is 200 Å². The van der Waals surface area contributed by atoms with Gasteiger partial charge < -0.3 is 15.4 Å². The summed E-state index contributed by atoms with van der Waals surface area (Å²) < 4.78 is 36.2. The maximum atomic E-state index is 14.0. The number of nitrogens with two attached hydrogens (primary N) is 1. The lowest BCUT2D eigenvalue weighted by Crippen LogP contribution is -2.33. The van der Waals surface area contributed by atoms with E-state index < -0.39 is 11.6 Å². The lowest BCUT2D eigenvalue weighted by atomic mass is 10.2. The van der Waals surface area contributed by atoms with Crippen LogP contribution >= 0.6 is 0 Å². The fourth-order valence-electron chi connectivity index (χ4n) is 4.65. The Morgan fingerprint density at radius 3 is 2.74 bits per heavy atom.